The lowest BCUT2D eigenvalue weighted by Crippen LogP contribution is -2.54. The average molecular weight is 509 g/mol. The van der Waals surface area contributed by atoms with Gasteiger partial charge >= 0.3 is 11.9 Å². The quantitative estimate of drug-likeness (QED) is 0.160. The molecule has 5 atom stereocenters. The van der Waals surface area contributed by atoms with Crippen LogP contribution < -0.4 is 0 Å². The average Bonchev–Trinajstić information content (AvgIpc) is 3.23. The molecule has 4 rings (SSSR count). The first-order chi connectivity index (χ1) is 17.9. The van der Waals surface area contributed by atoms with E-state index in [1.807, 2.05) is 0 Å². The Morgan fingerprint density at radius 1 is 0.946 bits per heavy atom. The summed E-state index contributed by atoms with van der Waals surface area (Å²) in [5, 5.41) is 0. The molecule has 0 aliphatic heterocycles. The maximum absolute atomic E-state index is 12.9. The number of allylic oxidation sites excluding steroid dienone is 4. The van der Waals surface area contributed by atoms with E-state index in [0.717, 1.165) is 102 Å². The van der Waals surface area contributed by atoms with Crippen LogP contribution in [0.4, 0.5) is 0 Å². The number of unbranched alkanes of at least 4 members (excludes halogenated alkanes) is 4. The maximum atomic E-state index is 12.9. The van der Waals surface area contributed by atoms with Crippen molar-refractivity contribution in [2.75, 3.05) is 0 Å². The van der Waals surface area contributed by atoms with Gasteiger partial charge in [-0.15, -0.1) is 6.42 Å². The molecule has 0 aromatic rings. The minimum Gasteiger partial charge on any atom is -0.445 e. The molecule has 0 spiro atoms. The van der Waals surface area contributed by atoms with Crippen LogP contribution in [0.2, 0.25) is 0 Å². The molecule has 204 valence electrons. The van der Waals surface area contributed by atoms with Crippen LogP contribution in [0.1, 0.15) is 130 Å². The summed E-state index contributed by atoms with van der Waals surface area (Å²) in [4.78, 5) is 25.1. The second-order valence-corrected chi connectivity index (χ2v) is 12.0. The van der Waals surface area contributed by atoms with Crippen molar-refractivity contribution in [3.8, 4) is 12.3 Å². The summed E-state index contributed by atoms with van der Waals surface area (Å²) in [6.45, 7) is 6.55. The second-order valence-electron chi connectivity index (χ2n) is 12.0. The predicted molar refractivity (Wildman–Crippen MR) is 147 cm³/mol. The van der Waals surface area contributed by atoms with Gasteiger partial charge in [0.2, 0.25) is 0 Å². The van der Waals surface area contributed by atoms with Crippen molar-refractivity contribution < 1.29 is 19.1 Å². The maximum Gasteiger partial charge on any atom is 0.310 e. The molecule has 0 amide bonds. The predicted octanol–water partition coefficient (Wildman–Crippen LogP) is 8.21. The van der Waals surface area contributed by atoms with Crippen LogP contribution in [0.15, 0.2) is 23.0 Å². The summed E-state index contributed by atoms with van der Waals surface area (Å²) >= 11 is 0. The summed E-state index contributed by atoms with van der Waals surface area (Å²) in [6, 6.07) is 0. The lowest BCUT2D eigenvalue weighted by atomic mass is 9.51. The van der Waals surface area contributed by atoms with E-state index in [-0.39, 0.29) is 17.4 Å². The molecule has 4 nitrogen and oxygen atoms in total. The SMILES string of the molecule is C#C[C@]1(OC(=O)CCCCC)CC[C@H]2[C@@H]3CCC4=C(CCC(OC(=O)CCCCC)=C4)[C@H]3CC[C@@]21CC. The highest BCUT2D eigenvalue weighted by atomic mass is 16.6. The summed E-state index contributed by atoms with van der Waals surface area (Å²) < 4.78 is 12.0. The minimum absolute atomic E-state index is 0.0800. The lowest BCUT2D eigenvalue weighted by Gasteiger charge is -2.54. The molecule has 4 heteroatoms. The van der Waals surface area contributed by atoms with E-state index < -0.39 is 5.60 Å². The standard InChI is InChI=1S/C33H48O4/c1-5-9-11-13-30(34)36-25-16-18-26-24(23-25)15-17-28-27(26)19-21-32(7-3)29(28)20-22-33(32,8-4)37-31(35)14-12-10-6-2/h4,23,27-29H,5-7,9-22H2,1-3H3/t27-,28-,29+,32+,33+/m1/s1. The third-order valence-electron chi connectivity index (χ3n) is 10.2. The molecular weight excluding hydrogens is 460 g/mol. The van der Waals surface area contributed by atoms with E-state index in [0.29, 0.717) is 30.6 Å². The molecule has 0 radical (unpaired) electrons. The number of ether oxygens (including phenoxy) is 2. The Morgan fingerprint density at radius 2 is 1.68 bits per heavy atom. The summed E-state index contributed by atoms with van der Waals surface area (Å²) in [7, 11) is 0. The molecular formula is C33H48O4. The Kier molecular flexibility index (Phi) is 9.25. The Hall–Kier alpha value is -2.02. The van der Waals surface area contributed by atoms with Gasteiger partial charge in [0, 0.05) is 24.7 Å². The second kappa shape index (κ2) is 12.2. The molecule has 0 N–H and O–H groups in total. The van der Waals surface area contributed by atoms with Crippen LogP contribution >= 0.6 is 0 Å². The summed E-state index contributed by atoms with van der Waals surface area (Å²) in [6.07, 6.45) is 24.5. The van der Waals surface area contributed by atoms with Gasteiger partial charge in [-0.3, -0.25) is 9.59 Å². The largest absolute Gasteiger partial charge is 0.445 e. The fraction of sp³-hybridized carbons (Fsp3) is 0.758. The molecule has 4 aliphatic rings. The zero-order valence-electron chi connectivity index (χ0n) is 23.5. The van der Waals surface area contributed by atoms with Gasteiger partial charge in [-0.25, -0.2) is 0 Å². The Labute approximate surface area is 225 Å². The first-order valence-corrected chi connectivity index (χ1v) is 15.3. The highest BCUT2D eigenvalue weighted by Gasteiger charge is 2.65. The van der Waals surface area contributed by atoms with Crippen molar-refractivity contribution in [3.05, 3.63) is 23.0 Å². The zero-order valence-corrected chi connectivity index (χ0v) is 23.5. The number of fused-ring (bicyclic) bond motifs is 4. The number of carbonyl (C=O) groups is 2. The highest BCUT2D eigenvalue weighted by molar-refractivity contribution is 5.71. The smallest absolute Gasteiger partial charge is 0.310 e. The number of hydrogen-bond donors (Lipinski definition) is 0. The van der Waals surface area contributed by atoms with Crippen molar-refractivity contribution in [1.29, 1.82) is 0 Å². The highest BCUT2D eigenvalue weighted by Crippen LogP contribution is 2.66. The van der Waals surface area contributed by atoms with E-state index in [4.69, 9.17) is 15.9 Å². The third kappa shape index (κ3) is 5.43. The summed E-state index contributed by atoms with van der Waals surface area (Å²) in [5.74, 6) is 5.44. The van der Waals surface area contributed by atoms with Crippen LogP contribution in [0.5, 0.6) is 0 Å². The molecule has 37 heavy (non-hydrogen) atoms. The normalized spacial score (nSPS) is 32.5. The summed E-state index contributed by atoms with van der Waals surface area (Å²) in [5.41, 5.74) is 2.16. The number of carbonyl (C=O) groups excluding carboxylic acids is 2. The Balaban J connectivity index is 1.48. The lowest BCUT2D eigenvalue weighted by molar-refractivity contribution is -0.171. The van der Waals surface area contributed by atoms with Crippen molar-refractivity contribution in [2.24, 2.45) is 23.2 Å². The zero-order chi connectivity index (χ0) is 26.5. The van der Waals surface area contributed by atoms with Crippen LogP contribution in [0.3, 0.4) is 0 Å². The molecule has 0 unspecified atom stereocenters. The monoisotopic (exact) mass is 508 g/mol. The Morgan fingerprint density at radius 3 is 2.35 bits per heavy atom. The van der Waals surface area contributed by atoms with E-state index in [1.165, 1.54) is 5.57 Å². The topological polar surface area (TPSA) is 52.6 Å². The van der Waals surface area contributed by atoms with Gasteiger partial charge in [0.1, 0.15) is 5.76 Å². The fourth-order valence-electron chi connectivity index (χ4n) is 8.38. The minimum atomic E-state index is -0.749. The van der Waals surface area contributed by atoms with Gasteiger partial charge in [0.25, 0.3) is 0 Å². The Bertz CT molecular complexity index is 952. The van der Waals surface area contributed by atoms with Gasteiger partial charge in [0.15, 0.2) is 5.60 Å². The molecule has 0 bridgehead atoms. The van der Waals surface area contributed by atoms with Crippen molar-refractivity contribution >= 4 is 11.9 Å². The van der Waals surface area contributed by atoms with Crippen LogP contribution in [-0.2, 0) is 19.1 Å². The number of terminal acetylenes is 1. The van der Waals surface area contributed by atoms with Crippen LogP contribution in [0, 0.1) is 35.5 Å². The number of hydrogen-bond acceptors (Lipinski definition) is 4. The molecule has 2 fully saturated rings. The third-order valence-corrected chi connectivity index (χ3v) is 10.2. The van der Waals surface area contributed by atoms with Gasteiger partial charge in [-0.05, 0) is 93.6 Å². The van der Waals surface area contributed by atoms with Gasteiger partial charge < -0.3 is 9.47 Å². The first kappa shape index (κ1) is 28.0. The van der Waals surface area contributed by atoms with Crippen molar-refractivity contribution in [1.82, 2.24) is 0 Å². The van der Waals surface area contributed by atoms with Gasteiger partial charge in [-0.2, -0.15) is 0 Å². The van der Waals surface area contributed by atoms with Crippen LogP contribution in [0.25, 0.3) is 0 Å². The fourth-order valence-corrected chi connectivity index (χ4v) is 8.38. The number of esters is 2. The van der Waals surface area contributed by atoms with Crippen LogP contribution in [-0.4, -0.2) is 17.5 Å². The molecule has 0 aromatic carbocycles. The van der Waals surface area contributed by atoms with Crippen molar-refractivity contribution in [2.45, 2.75) is 136 Å². The molecule has 0 saturated heterocycles. The van der Waals surface area contributed by atoms with E-state index >= 15 is 0 Å². The van der Waals surface area contributed by atoms with Gasteiger partial charge in [-0.1, -0.05) is 57.9 Å². The molecule has 4 aliphatic carbocycles. The van der Waals surface area contributed by atoms with E-state index in [1.54, 1.807) is 5.57 Å². The first-order valence-electron chi connectivity index (χ1n) is 15.3. The van der Waals surface area contributed by atoms with Crippen molar-refractivity contribution in [3.63, 3.8) is 0 Å². The van der Waals surface area contributed by atoms with Gasteiger partial charge in [0.05, 0.1) is 0 Å². The number of rotatable bonds is 11. The molecule has 2 saturated carbocycles. The molecule has 0 aromatic heterocycles. The van der Waals surface area contributed by atoms with E-state index in [2.05, 4.69) is 32.8 Å². The molecule has 0 heterocycles. The van der Waals surface area contributed by atoms with E-state index in [9.17, 15) is 9.59 Å².